The maximum absolute atomic E-state index is 13.2. The molecular formula is C32H38ClN5O4. The Morgan fingerprint density at radius 1 is 1.14 bits per heavy atom. The van der Waals surface area contributed by atoms with Gasteiger partial charge in [-0.2, -0.15) is 0 Å². The molecule has 42 heavy (non-hydrogen) atoms. The van der Waals surface area contributed by atoms with E-state index in [1.54, 1.807) is 30.0 Å². The average Bonchev–Trinajstić information content (AvgIpc) is 3.39. The van der Waals surface area contributed by atoms with Gasteiger partial charge in [0, 0.05) is 35.6 Å². The van der Waals surface area contributed by atoms with Crippen LogP contribution in [0.5, 0.6) is 5.75 Å². The molecule has 222 valence electrons. The van der Waals surface area contributed by atoms with Gasteiger partial charge in [0.25, 0.3) is 5.91 Å². The molecule has 10 heteroatoms. The lowest BCUT2D eigenvalue weighted by molar-refractivity contribution is -0.121. The van der Waals surface area contributed by atoms with Gasteiger partial charge < -0.3 is 29.8 Å². The van der Waals surface area contributed by atoms with Crippen LogP contribution in [0, 0.1) is 0 Å². The summed E-state index contributed by atoms with van der Waals surface area (Å²) in [5.41, 5.74) is 4.60. The second kappa shape index (κ2) is 14.3. The highest BCUT2D eigenvalue weighted by molar-refractivity contribution is 6.32. The van der Waals surface area contributed by atoms with E-state index in [4.69, 9.17) is 21.3 Å². The topological polar surface area (TPSA) is 108 Å². The van der Waals surface area contributed by atoms with Crippen LogP contribution < -0.4 is 15.4 Å². The number of aromatic nitrogens is 2. The number of aliphatic hydroxyl groups excluding tert-OH is 1. The summed E-state index contributed by atoms with van der Waals surface area (Å²) in [6.45, 7) is 4.79. The van der Waals surface area contributed by atoms with Crippen molar-refractivity contribution in [2.24, 2.45) is 0 Å². The molecule has 0 aliphatic carbocycles. The summed E-state index contributed by atoms with van der Waals surface area (Å²) in [5.74, 6) is 0.120. The first-order chi connectivity index (χ1) is 20.1. The van der Waals surface area contributed by atoms with Crippen molar-refractivity contribution in [1.29, 1.82) is 0 Å². The minimum absolute atomic E-state index is 0.126. The number of pyridine rings is 1. The van der Waals surface area contributed by atoms with Crippen LogP contribution in [-0.4, -0.2) is 71.0 Å². The third-order valence-corrected chi connectivity index (χ3v) is 6.99. The van der Waals surface area contributed by atoms with Gasteiger partial charge in [0.15, 0.2) is 0 Å². The smallest absolute Gasteiger partial charge is 0.251 e. The van der Waals surface area contributed by atoms with E-state index in [0.29, 0.717) is 35.0 Å². The van der Waals surface area contributed by atoms with Crippen molar-refractivity contribution >= 4 is 29.1 Å². The Labute approximate surface area is 251 Å². The molecule has 0 spiro atoms. The number of rotatable bonds is 13. The van der Waals surface area contributed by atoms with E-state index in [0.717, 1.165) is 28.8 Å². The van der Waals surface area contributed by atoms with E-state index in [2.05, 4.69) is 10.6 Å². The Hall–Kier alpha value is -3.92. The molecule has 0 bridgehead atoms. The van der Waals surface area contributed by atoms with Crippen LogP contribution in [0.15, 0.2) is 67.0 Å². The molecule has 2 heterocycles. The van der Waals surface area contributed by atoms with E-state index in [1.165, 1.54) is 0 Å². The molecular weight excluding hydrogens is 554 g/mol. The second-order valence-corrected chi connectivity index (χ2v) is 11.0. The first kappa shape index (κ1) is 31.0. The summed E-state index contributed by atoms with van der Waals surface area (Å²) in [5, 5.41) is 16.5. The quantitative estimate of drug-likeness (QED) is 0.211. The molecule has 2 aromatic carbocycles. The van der Waals surface area contributed by atoms with Gasteiger partial charge >= 0.3 is 0 Å². The zero-order valence-electron chi connectivity index (χ0n) is 24.4. The third kappa shape index (κ3) is 8.09. The standard InChI is InChI=1S/C32H38ClN5O4/c1-5-15-42-29-13-12-24(17-27(29)33)32(41)35-25(18-34-30(40)20-37(3)4)16-22-8-10-23(11-9-22)28-19-38-14-6-7-26(21(2)39)31(38)36-28/h6-14,17,19,21,25,39H,5,15-16,18,20H2,1-4H3,(H,34,40)(H,35,41)/t21-,25-/m0/s1. The number of hydrogen-bond acceptors (Lipinski definition) is 6. The lowest BCUT2D eigenvalue weighted by Crippen LogP contribution is -2.46. The van der Waals surface area contributed by atoms with Crippen molar-refractivity contribution in [2.75, 3.05) is 33.8 Å². The fourth-order valence-electron chi connectivity index (χ4n) is 4.59. The number of carbonyl (C=O) groups excluding carboxylic acids is 2. The van der Waals surface area contributed by atoms with Crippen LogP contribution in [0.4, 0.5) is 0 Å². The van der Waals surface area contributed by atoms with Crippen molar-refractivity contribution in [3.05, 3.63) is 88.7 Å². The Morgan fingerprint density at radius 2 is 1.90 bits per heavy atom. The van der Waals surface area contributed by atoms with Gasteiger partial charge in [0.1, 0.15) is 11.4 Å². The summed E-state index contributed by atoms with van der Waals surface area (Å²) >= 11 is 6.36. The summed E-state index contributed by atoms with van der Waals surface area (Å²) in [7, 11) is 3.65. The molecule has 0 aliphatic heterocycles. The van der Waals surface area contributed by atoms with Gasteiger partial charge in [0.05, 0.1) is 36.0 Å². The van der Waals surface area contributed by atoms with Crippen molar-refractivity contribution < 1.29 is 19.4 Å². The highest BCUT2D eigenvalue weighted by Gasteiger charge is 2.18. The number of likely N-dealkylation sites (N-methyl/N-ethyl adjacent to an activating group) is 1. The third-order valence-electron chi connectivity index (χ3n) is 6.69. The normalized spacial score (nSPS) is 12.7. The molecule has 4 aromatic rings. The number of nitrogens with zero attached hydrogens (tertiary/aromatic N) is 3. The van der Waals surface area contributed by atoms with Crippen LogP contribution in [0.25, 0.3) is 16.9 Å². The number of benzene rings is 2. The number of aliphatic hydroxyl groups is 1. The predicted octanol–water partition coefficient (Wildman–Crippen LogP) is 4.52. The minimum Gasteiger partial charge on any atom is -0.492 e. The summed E-state index contributed by atoms with van der Waals surface area (Å²) in [6, 6.07) is 16.3. The van der Waals surface area contributed by atoms with Crippen molar-refractivity contribution in [3.8, 4) is 17.0 Å². The molecule has 0 saturated carbocycles. The molecule has 0 radical (unpaired) electrons. The number of ether oxygens (including phenoxy) is 1. The van der Waals surface area contributed by atoms with Crippen molar-refractivity contribution in [3.63, 3.8) is 0 Å². The average molecular weight is 592 g/mol. The number of hydrogen-bond donors (Lipinski definition) is 3. The molecule has 0 aliphatic rings. The lowest BCUT2D eigenvalue weighted by atomic mass is 10.0. The number of nitrogens with one attached hydrogen (secondary N) is 2. The van der Waals surface area contributed by atoms with Gasteiger partial charge in [-0.25, -0.2) is 4.98 Å². The summed E-state index contributed by atoms with van der Waals surface area (Å²) in [6.07, 6.45) is 4.56. The number of halogens is 1. The molecule has 0 saturated heterocycles. The maximum atomic E-state index is 13.2. The first-order valence-corrected chi connectivity index (χ1v) is 14.4. The maximum Gasteiger partial charge on any atom is 0.251 e. The van der Waals surface area contributed by atoms with Gasteiger partial charge in [-0.1, -0.05) is 48.9 Å². The Bertz CT molecular complexity index is 1520. The monoisotopic (exact) mass is 591 g/mol. The lowest BCUT2D eigenvalue weighted by Gasteiger charge is -2.21. The summed E-state index contributed by atoms with van der Waals surface area (Å²) in [4.78, 5) is 32.1. The van der Waals surface area contributed by atoms with E-state index in [-0.39, 0.29) is 30.9 Å². The number of imidazole rings is 1. The fraction of sp³-hybridized carbons (Fsp3) is 0.344. The molecule has 2 atom stereocenters. The zero-order chi connectivity index (χ0) is 30.2. The Morgan fingerprint density at radius 3 is 2.57 bits per heavy atom. The van der Waals surface area contributed by atoms with Crippen LogP contribution >= 0.6 is 11.6 Å². The number of carbonyl (C=O) groups is 2. The van der Waals surface area contributed by atoms with Gasteiger partial charge in [-0.3, -0.25) is 9.59 Å². The largest absolute Gasteiger partial charge is 0.492 e. The highest BCUT2D eigenvalue weighted by Crippen LogP contribution is 2.26. The minimum atomic E-state index is -0.625. The molecule has 0 unspecified atom stereocenters. The predicted molar refractivity (Wildman–Crippen MR) is 165 cm³/mol. The molecule has 9 nitrogen and oxygen atoms in total. The van der Waals surface area contributed by atoms with Crippen LogP contribution in [0.2, 0.25) is 5.02 Å². The molecule has 2 amide bonds. The van der Waals surface area contributed by atoms with E-state index >= 15 is 0 Å². The molecule has 3 N–H and O–H groups in total. The second-order valence-electron chi connectivity index (χ2n) is 10.6. The van der Waals surface area contributed by atoms with Gasteiger partial charge in [-0.15, -0.1) is 0 Å². The summed E-state index contributed by atoms with van der Waals surface area (Å²) < 4.78 is 7.52. The molecule has 4 rings (SSSR count). The zero-order valence-corrected chi connectivity index (χ0v) is 25.2. The van der Waals surface area contributed by atoms with E-state index in [9.17, 15) is 14.7 Å². The fourth-order valence-corrected chi connectivity index (χ4v) is 4.83. The van der Waals surface area contributed by atoms with Crippen LogP contribution in [0.1, 0.15) is 47.9 Å². The van der Waals surface area contributed by atoms with Crippen molar-refractivity contribution in [2.45, 2.75) is 38.8 Å². The SMILES string of the molecule is CCCOc1ccc(C(=O)N[C@H](CNC(=O)CN(C)C)Cc2ccc(-c3cn4cccc([C@H](C)O)c4n3)cc2)cc1Cl. The molecule has 2 aromatic heterocycles. The number of fused-ring (bicyclic) bond motifs is 1. The number of amides is 2. The highest BCUT2D eigenvalue weighted by atomic mass is 35.5. The van der Waals surface area contributed by atoms with Crippen LogP contribution in [0.3, 0.4) is 0 Å². The van der Waals surface area contributed by atoms with Gasteiger partial charge in [0.2, 0.25) is 5.91 Å². The first-order valence-electron chi connectivity index (χ1n) is 14.0. The molecule has 0 fully saturated rings. The van der Waals surface area contributed by atoms with E-state index in [1.807, 2.05) is 74.2 Å². The Balaban J connectivity index is 1.50. The van der Waals surface area contributed by atoms with Gasteiger partial charge in [-0.05, 0) is 63.7 Å². The van der Waals surface area contributed by atoms with Crippen molar-refractivity contribution in [1.82, 2.24) is 24.9 Å². The van der Waals surface area contributed by atoms with E-state index < -0.39 is 6.10 Å². The van der Waals surface area contributed by atoms with Crippen LogP contribution in [-0.2, 0) is 11.2 Å². The Kier molecular flexibility index (Phi) is 10.6.